The molecule has 0 saturated carbocycles. The van der Waals surface area contributed by atoms with Crippen molar-refractivity contribution in [3.8, 4) is 0 Å². The third-order valence-electron chi connectivity index (χ3n) is 5.32. The van der Waals surface area contributed by atoms with Gasteiger partial charge < -0.3 is 10.0 Å². The first kappa shape index (κ1) is 18.5. The SMILES string of the molecule is C=C(O)c1ccc(N2CCN(Cc3nn(CCC)c4ccccc34)CC2)nc1. The molecule has 1 N–H and O–H groups in total. The standard InChI is InChI=1S/C22H27N5O/c1-3-10-27-21-7-5-4-6-19(21)20(24-27)16-25-11-13-26(14-12-25)22-9-8-18(15-23-22)17(2)28/h4-9,15,28H,2-3,10-14,16H2,1H3. The zero-order chi connectivity index (χ0) is 19.5. The molecule has 3 aromatic rings. The van der Waals surface area contributed by atoms with Gasteiger partial charge in [0.25, 0.3) is 0 Å². The van der Waals surface area contributed by atoms with E-state index in [0.717, 1.165) is 51.5 Å². The Morgan fingerprint density at radius 1 is 1.11 bits per heavy atom. The summed E-state index contributed by atoms with van der Waals surface area (Å²) in [7, 11) is 0. The molecule has 1 aliphatic rings. The van der Waals surface area contributed by atoms with Gasteiger partial charge in [0.1, 0.15) is 11.6 Å². The van der Waals surface area contributed by atoms with Gasteiger partial charge in [0.05, 0.1) is 11.2 Å². The minimum absolute atomic E-state index is 0.0543. The molecule has 0 radical (unpaired) electrons. The van der Waals surface area contributed by atoms with Crippen LogP contribution in [0.4, 0.5) is 5.82 Å². The molecule has 0 spiro atoms. The minimum atomic E-state index is 0.0543. The number of benzene rings is 1. The number of aliphatic hydroxyl groups excluding tert-OH is 1. The Morgan fingerprint density at radius 3 is 2.57 bits per heavy atom. The van der Waals surface area contributed by atoms with E-state index in [0.29, 0.717) is 5.56 Å². The maximum atomic E-state index is 9.45. The summed E-state index contributed by atoms with van der Waals surface area (Å²) in [6.07, 6.45) is 2.76. The summed E-state index contributed by atoms with van der Waals surface area (Å²) >= 11 is 0. The van der Waals surface area contributed by atoms with Gasteiger partial charge in [-0.2, -0.15) is 5.10 Å². The van der Waals surface area contributed by atoms with E-state index in [-0.39, 0.29) is 5.76 Å². The van der Waals surface area contributed by atoms with E-state index in [1.807, 2.05) is 12.1 Å². The predicted octanol–water partition coefficient (Wildman–Crippen LogP) is 3.69. The second-order valence-corrected chi connectivity index (χ2v) is 7.30. The number of nitrogens with zero attached hydrogens (tertiary/aromatic N) is 5. The molecule has 0 aliphatic carbocycles. The van der Waals surface area contributed by atoms with E-state index in [2.05, 4.69) is 57.2 Å². The minimum Gasteiger partial charge on any atom is -0.508 e. The molecule has 146 valence electrons. The summed E-state index contributed by atoms with van der Waals surface area (Å²) in [6.45, 7) is 11.4. The van der Waals surface area contributed by atoms with Crippen molar-refractivity contribution in [3.63, 3.8) is 0 Å². The third-order valence-corrected chi connectivity index (χ3v) is 5.32. The smallest absolute Gasteiger partial charge is 0.128 e. The van der Waals surface area contributed by atoms with E-state index < -0.39 is 0 Å². The second-order valence-electron chi connectivity index (χ2n) is 7.30. The highest BCUT2D eigenvalue weighted by Crippen LogP contribution is 2.22. The zero-order valence-electron chi connectivity index (χ0n) is 16.4. The van der Waals surface area contributed by atoms with E-state index in [9.17, 15) is 5.11 Å². The largest absolute Gasteiger partial charge is 0.508 e. The monoisotopic (exact) mass is 377 g/mol. The molecule has 3 heterocycles. The molecule has 0 amide bonds. The molecule has 1 saturated heterocycles. The fraction of sp³-hybridized carbons (Fsp3) is 0.364. The van der Waals surface area contributed by atoms with Crippen LogP contribution in [0.3, 0.4) is 0 Å². The maximum absolute atomic E-state index is 9.45. The first-order valence-corrected chi connectivity index (χ1v) is 9.91. The van der Waals surface area contributed by atoms with Crippen LogP contribution in [0.5, 0.6) is 0 Å². The van der Waals surface area contributed by atoms with Gasteiger partial charge in [0.2, 0.25) is 0 Å². The molecule has 1 aliphatic heterocycles. The van der Waals surface area contributed by atoms with E-state index in [4.69, 9.17) is 5.10 Å². The summed E-state index contributed by atoms with van der Waals surface area (Å²) in [5, 5.41) is 15.6. The van der Waals surface area contributed by atoms with Crippen LogP contribution in [0.1, 0.15) is 24.6 Å². The van der Waals surface area contributed by atoms with Crippen LogP contribution < -0.4 is 4.90 Å². The zero-order valence-corrected chi connectivity index (χ0v) is 16.4. The van der Waals surface area contributed by atoms with Gasteiger partial charge in [-0.25, -0.2) is 4.98 Å². The summed E-state index contributed by atoms with van der Waals surface area (Å²) in [5.41, 5.74) is 3.06. The average molecular weight is 377 g/mol. The Balaban J connectivity index is 1.42. The first-order valence-electron chi connectivity index (χ1n) is 9.91. The number of rotatable bonds is 6. The lowest BCUT2D eigenvalue weighted by Gasteiger charge is -2.35. The normalized spacial score (nSPS) is 15.2. The fourth-order valence-corrected chi connectivity index (χ4v) is 3.79. The van der Waals surface area contributed by atoms with Crippen LogP contribution in [-0.2, 0) is 13.1 Å². The number of anilines is 1. The molecular formula is C22H27N5O. The highest BCUT2D eigenvalue weighted by molar-refractivity contribution is 5.81. The number of fused-ring (bicyclic) bond motifs is 1. The lowest BCUT2D eigenvalue weighted by molar-refractivity contribution is 0.246. The topological polar surface area (TPSA) is 57.4 Å². The highest BCUT2D eigenvalue weighted by atomic mass is 16.3. The van der Waals surface area contributed by atoms with Crippen LogP contribution in [0.2, 0.25) is 0 Å². The van der Waals surface area contributed by atoms with Gasteiger partial charge in [0.15, 0.2) is 0 Å². The van der Waals surface area contributed by atoms with Crippen LogP contribution in [0.15, 0.2) is 49.2 Å². The summed E-state index contributed by atoms with van der Waals surface area (Å²) in [6, 6.07) is 12.3. The first-order chi connectivity index (χ1) is 13.7. The number of aliphatic hydroxyl groups is 1. The molecule has 1 aromatic carbocycles. The number of piperazine rings is 1. The number of aromatic nitrogens is 3. The van der Waals surface area contributed by atoms with Crippen molar-refractivity contribution in [2.24, 2.45) is 0 Å². The van der Waals surface area contributed by atoms with Crippen molar-refractivity contribution in [1.82, 2.24) is 19.7 Å². The van der Waals surface area contributed by atoms with Crippen LogP contribution in [0, 0.1) is 0 Å². The Morgan fingerprint density at radius 2 is 1.89 bits per heavy atom. The summed E-state index contributed by atoms with van der Waals surface area (Å²) in [4.78, 5) is 9.22. The van der Waals surface area contributed by atoms with Crippen molar-refractivity contribution in [3.05, 3.63) is 60.4 Å². The average Bonchev–Trinajstić information content (AvgIpc) is 3.06. The van der Waals surface area contributed by atoms with Crippen molar-refractivity contribution >= 4 is 22.5 Å². The maximum Gasteiger partial charge on any atom is 0.128 e. The highest BCUT2D eigenvalue weighted by Gasteiger charge is 2.20. The number of aryl methyl sites for hydroxylation is 1. The van der Waals surface area contributed by atoms with Gasteiger partial charge in [-0.05, 0) is 24.6 Å². The molecule has 0 unspecified atom stereocenters. The molecular weight excluding hydrogens is 350 g/mol. The van der Waals surface area contributed by atoms with Crippen LogP contribution in [-0.4, -0.2) is 50.9 Å². The third kappa shape index (κ3) is 3.73. The van der Waals surface area contributed by atoms with Crippen LogP contribution >= 0.6 is 0 Å². The Hall–Kier alpha value is -2.86. The predicted molar refractivity (Wildman–Crippen MR) is 113 cm³/mol. The van der Waals surface area contributed by atoms with Crippen molar-refractivity contribution < 1.29 is 5.11 Å². The van der Waals surface area contributed by atoms with Crippen molar-refractivity contribution in [2.45, 2.75) is 26.4 Å². The van der Waals surface area contributed by atoms with E-state index >= 15 is 0 Å². The molecule has 6 nitrogen and oxygen atoms in total. The fourth-order valence-electron chi connectivity index (χ4n) is 3.79. The number of hydrogen-bond donors (Lipinski definition) is 1. The Bertz CT molecular complexity index is 955. The Kier molecular flexibility index (Phi) is 5.30. The molecule has 0 atom stereocenters. The molecule has 2 aromatic heterocycles. The lowest BCUT2D eigenvalue weighted by Crippen LogP contribution is -2.46. The van der Waals surface area contributed by atoms with Crippen LogP contribution in [0.25, 0.3) is 16.7 Å². The van der Waals surface area contributed by atoms with E-state index in [1.165, 1.54) is 16.6 Å². The molecule has 4 rings (SSSR count). The molecule has 6 heteroatoms. The Labute approximate surface area is 165 Å². The number of para-hydroxylation sites is 1. The number of pyridine rings is 1. The summed E-state index contributed by atoms with van der Waals surface area (Å²) in [5.74, 6) is 1.00. The quantitative estimate of drug-likeness (QED) is 0.664. The lowest BCUT2D eigenvalue weighted by atomic mass is 10.2. The van der Waals surface area contributed by atoms with Gasteiger partial charge >= 0.3 is 0 Å². The summed E-state index contributed by atoms with van der Waals surface area (Å²) < 4.78 is 2.14. The second kappa shape index (κ2) is 8.02. The van der Waals surface area contributed by atoms with Crippen molar-refractivity contribution in [1.29, 1.82) is 0 Å². The van der Waals surface area contributed by atoms with E-state index in [1.54, 1.807) is 6.20 Å². The van der Waals surface area contributed by atoms with Crippen molar-refractivity contribution in [2.75, 3.05) is 31.1 Å². The van der Waals surface area contributed by atoms with Gasteiger partial charge in [-0.1, -0.05) is 31.7 Å². The van der Waals surface area contributed by atoms with Gasteiger partial charge in [0, 0.05) is 56.4 Å². The van der Waals surface area contributed by atoms with Gasteiger partial charge in [-0.15, -0.1) is 0 Å². The number of hydrogen-bond acceptors (Lipinski definition) is 5. The molecule has 28 heavy (non-hydrogen) atoms. The van der Waals surface area contributed by atoms with Gasteiger partial charge in [-0.3, -0.25) is 9.58 Å². The molecule has 0 bridgehead atoms. The molecule has 1 fully saturated rings.